The van der Waals surface area contributed by atoms with Gasteiger partial charge in [0.1, 0.15) is 0 Å². The second-order valence-electron chi connectivity index (χ2n) is 5.20. The molecule has 1 aliphatic heterocycles. The van der Waals surface area contributed by atoms with E-state index in [-0.39, 0.29) is 5.82 Å². The number of ether oxygens (including phenoxy) is 1. The maximum atomic E-state index is 13.5. The minimum atomic E-state index is -0.260. The molecule has 0 bridgehead atoms. The Hall–Kier alpha value is -1.25. The Morgan fingerprint density at radius 2 is 2.19 bits per heavy atom. The lowest BCUT2D eigenvalue weighted by molar-refractivity contribution is 0.386. The summed E-state index contributed by atoms with van der Waals surface area (Å²) in [5, 5.41) is 3.49. The summed E-state index contributed by atoms with van der Waals surface area (Å²) in [4.78, 5) is 0. The van der Waals surface area contributed by atoms with Crippen LogP contribution in [0, 0.1) is 11.2 Å². The van der Waals surface area contributed by atoms with Gasteiger partial charge in [-0.2, -0.15) is 0 Å². The molecule has 0 radical (unpaired) electrons. The monoisotopic (exact) mass is 221 g/mol. The Morgan fingerprint density at radius 1 is 1.44 bits per heavy atom. The van der Waals surface area contributed by atoms with E-state index in [0.717, 1.165) is 17.7 Å². The zero-order valence-electron chi connectivity index (χ0n) is 9.64. The summed E-state index contributed by atoms with van der Waals surface area (Å²) in [7, 11) is 1.50. The molecule has 1 heterocycles. The van der Waals surface area contributed by atoms with E-state index in [4.69, 9.17) is 4.74 Å². The van der Waals surface area contributed by atoms with E-state index in [1.807, 2.05) is 0 Å². The molecule has 0 amide bonds. The summed E-state index contributed by atoms with van der Waals surface area (Å²) in [5.41, 5.74) is 2.54. The Kier molecular flexibility index (Phi) is 1.94. The highest BCUT2D eigenvalue weighted by atomic mass is 19.1. The molecule has 2 nitrogen and oxygen atoms in total. The van der Waals surface area contributed by atoms with Crippen molar-refractivity contribution in [1.29, 1.82) is 0 Å². The van der Waals surface area contributed by atoms with Crippen molar-refractivity contribution < 1.29 is 9.13 Å². The molecule has 1 aromatic rings. The highest BCUT2D eigenvalue weighted by molar-refractivity contribution is 5.61. The first-order chi connectivity index (χ1) is 7.62. The highest BCUT2D eigenvalue weighted by Gasteiger charge is 2.47. The molecule has 3 heteroatoms. The predicted octanol–water partition coefficient (Wildman–Crippen LogP) is 2.97. The Labute approximate surface area is 94.8 Å². The van der Waals surface area contributed by atoms with Crippen LogP contribution in [0.3, 0.4) is 0 Å². The van der Waals surface area contributed by atoms with Crippen LogP contribution in [0.2, 0.25) is 0 Å². The molecule has 1 fully saturated rings. The van der Waals surface area contributed by atoms with Crippen molar-refractivity contribution in [3.63, 3.8) is 0 Å². The van der Waals surface area contributed by atoms with Gasteiger partial charge in [0.15, 0.2) is 11.6 Å². The van der Waals surface area contributed by atoms with Crippen LogP contribution in [0.25, 0.3) is 0 Å². The van der Waals surface area contributed by atoms with Gasteiger partial charge >= 0.3 is 0 Å². The smallest absolute Gasteiger partial charge is 0.165 e. The van der Waals surface area contributed by atoms with E-state index in [0.29, 0.717) is 17.2 Å². The third-order valence-corrected chi connectivity index (χ3v) is 4.01. The Morgan fingerprint density at radius 3 is 2.81 bits per heavy atom. The maximum Gasteiger partial charge on any atom is 0.165 e. The number of nitrogens with one attached hydrogen (secondary N) is 1. The summed E-state index contributed by atoms with van der Waals surface area (Å²) in [6, 6.07) is 3.84. The van der Waals surface area contributed by atoms with E-state index in [9.17, 15) is 4.39 Å². The molecule has 1 saturated carbocycles. The Bertz CT molecular complexity index is 440. The fourth-order valence-corrected chi connectivity index (χ4v) is 2.48. The number of halogens is 1. The topological polar surface area (TPSA) is 21.3 Å². The van der Waals surface area contributed by atoms with Gasteiger partial charge in [-0.25, -0.2) is 4.39 Å². The number of hydrogen-bond donors (Lipinski definition) is 1. The molecule has 1 N–H and O–H groups in total. The van der Waals surface area contributed by atoms with Crippen molar-refractivity contribution in [3.8, 4) is 5.75 Å². The average Bonchev–Trinajstić information content (AvgIpc) is 2.88. The van der Waals surface area contributed by atoms with E-state index < -0.39 is 0 Å². The van der Waals surface area contributed by atoms with Gasteiger partial charge in [-0.05, 0) is 36.3 Å². The van der Waals surface area contributed by atoms with E-state index in [1.165, 1.54) is 20.0 Å². The first-order valence-electron chi connectivity index (χ1n) is 5.75. The fourth-order valence-electron chi connectivity index (χ4n) is 2.48. The molecule has 1 atom stereocenters. The first-order valence-corrected chi connectivity index (χ1v) is 5.75. The fraction of sp³-hybridized carbons (Fsp3) is 0.538. The van der Waals surface area contributed by atoms with Crippen LogP contribution in [-0.2, 0) is 6.42 Å². The van der Waals surface area contributed by atoms with Crippen molar-refractivity contribution >= 4 is 5.69 Å². The number of anilines is 1. The lowest BCUT2D eigenvalue weighted by Crippen LogP contribution is -2.25. The highest BCUT2D eigenvalue weighted by Crippen LogP contribution is 2.52. The van der Waals surface area contributed by atoms with Crippen LogP contribution in [0.1, 0.15) is 25.3 Å². The van der Waals surface area contributed by atoms with E-state index in [1.54, 1.807) is 12.1 Å². The molecule has 0 saturated heterocycles. The van der Waals surface area contributed by atoms with Crippen LogP contribution in [-0.4, -0.2) is 13.2 Å². The van der Waals surface area contributed by atoms with Crippen LogP contribution >= 0.6 is 0 Å². The van der Waals surface area contributed by atoms with Gasteiger partial charge < -0.3 is 10.1 Å². The third-order valence-electron chi connectivity index (χ3n) is 4.01. The van der Waals surface area contributed by atoms with Crippen molar-refractivity contribution in [3.05, 3.63) is 23.5 Å². The SMILES string of the molecule is COc1cc2c(cc1F)CC(C1(C)CC1)N2. The minimum absolute atomic E-state index is 0.260. The molecular weight excluding hydrogens is 205 g/mol. The second kappa shape index (κ2) is 3.12. The van der Waals surface area contributed by atoms with E-state index in [2.05, 4.69) is 12.2 Å². The summed E-state index contributed by atoms with van der Waals surface area (Å²) >= 11 is 0. The van der Waals surface area contributed by atoms with Gasteiger partial charge in [0.05, 0.1) is 7.11 Å². The van der Waals surface area contributed by atoms with Crippen molar-refractivity contribution in [2.45, 2.75) is 32.2 Å². The predicted molar refractivity (Wildman–Crippen MR) is 61.4 cm³/mol. The summed E-state index contributed by atoms with van der Waals surface area (Å²) < 4.78 is 18.5. The molecule has 1 unspecified atom stereocenters. The molecular formula is C13H16FNO. The van der Waals surface area contributed by atoms with Crippen molar-refractivity contribution in [2.75, 3.05) is 12.4 Å². The number of fused-ring (bicyclic) bond motifs is 1. The molecule has 0 aromatic heterocycles. The second-order valence-corrected chi connectivity index (χ2v) is 5.20. The van der Waals surface area contributed by atoms with Crippen LogP contribution in [0.4, 0.5) is 10.1 Å². The van der Waals surface area contributed by atoms with Gasteiger partial charge in [-0.3, -0.25) is 0 Å². The van der Waals surface area contributed by atoms with Crippen molar-refractivity contribution in [2.24, 2.45) is 5.41 Å². The minimum Gasteiger partial charge on any atom is -0.494 e. The lowest BCUT2D eigenvalue weighted by Gasteiger charge is -2.18. The Balaban J connectivity index is 1.91. The zero-order chi connectivity index (χ0) is 11.3. The molecule has 86 valence electrons. The molecule has 2 aliphatic rings. The van der Waals surface area contributed by atoms with Crippen LogP contribution < -0.4 is 10.1 Å². The van der Waals surface area contributed by atoms with Gasteiger partial charge in [-0.15, -0.1) is 0 Å². The largest absolute Gasteiger partial charge is 0.494 e. The molecule has 3 rings (SSSR count). The number of methoxy groups -OCH3 is 1. The summed E-state index contributed by atoms with van der Waals surface area (Å²) in [5.74, 6) is 0.0671. The van der Waals surface area contributed by atoms with Crippen molar-refractivity contribution in [1.82, 2.24) is 0 Å². The van der Waals surface area contributed by atoms with Gasteiger partial charge in [0, 0.05) is 17.8 Å². The molecule has 0 spiro atoms. The zero-order valence-corrected chi connectivity index (χ0v) is 9.64. The number of rotatable bonds is 2. The van der Waals surface area contributed by atoms with Crippen LogP contribution in [0.5, 0.6) is 5.75 Å². The quantitative estimate of drug-likeness (QED) is 0.829. The normalized spacial score (nSPS) is 24.8. The van der Waals surface area contributed by atoms with Gasteiger partial charge in [0.25, 0.3) is 0 Å². The summed E-state index contributed by atoms with van der Waals surface area (Å²) in [6.45, 7) is 2.30. The van der Waals surface area contributed by atoms with Gasteiger partial charge in [-0.1, -0.05) is 6.92 Å². The van der Waals surface area contributed by atoms with E-state index >= 15 is 0 Å². The van der Waals surface area contributed by atoms with Gasteiger partial charge in [0.2, 0.25) is 0 Å². The number of benzene rings is 1. The van der Waals surface area contributed by atoms with Crippen LogP contribution in [0.15, 0.2) is 12.1 Å². The average molecular weight is 221 g/mol. The molecule has 1 aliphatic carbocycles. The third kappa shape index (κ3) is 1.38. The number of hydrogen-bond acceptors (Lipinski definition) is 2. The maximum absolute atomic E-state index is 13.5. The molecule has 1 aromatic carbocycles. The molecule has 16 heavy (non-hydrogen) atoms. The summed E-state index contributed by atoms with van der Waals surface area (Å²) in [6.07, 6.45) is 3.49. The standard InChI is InChI=1S/C13H16FNO/c1-13(3-4-13)12-6-8-5-9(14)11(16-2)7-10(8)15-12/h5,7,12,15H,3-4,6H2,1-2H3. The lowest BCUT2D eigenvalue weighted by atomic mass is 9.96. The first kappa shape index (κ1) is 9.94.